The third kappa shape index (κ3) is 3.81. The molecule has 0 fully saturated rings. The average molecular weight is 397 g/mol. The molecule has 0 heterocycles. The first kappa shape index (κ1) is 20.5. The molecule has 0 N–H and O–H groups in total. The fourth-order valence-electron chi connectivity index (χ4n) is 4.54. The summed E-state index contributed by atoms with van der Waals surface area (Å²) < 4.78 is 5.33. The van der Waals surface area contributed by atoms with Crippen molar-refractivity contribution >= 4 is 21.5 Å². The van der Waals surface area contributed by atoms with Gasteiger partial charge in [0.25, 0.3) is 0 Å². The van der Waals surface area contributed by atoms with E-state index in [2.05, 4.69) is 107 Å². The van der Waals surface area contributed by atoms with Gasteiger partial charge in [-0.05, 0) is 73.7 Å². The predicted molar refractivity (Wildman–Crippen MR) is 130 cm³/mol. The lowest BCUT2D eigenvalue weighted by molar-refractivity contribution is 0.414. The van der Waals surface area contributed by atoms with Gasteiger partial charge in [0, 0.05) is 0 Å². The van der Waals surface area contributed by atoms with Crippen molar-refractivity contribution in [2.24, 2.45) is 0 Å². The van der Waals surface area contributed by atoms with Crippen molar-refractivity contribution < 1.29 is 4.74 Å². The zero-order valence-electron chi connectivity index (χ0n) is 19.0. The number of hydrogen-bond donors (Lipinski definition) is 0. The van der Waals surface area contributed by atoms with Crippen LogP contribution in [-0.4, -0.2) is 7.11 Å². The van der Waals surface area contributed by atoms with Crippen LogP contribution < -0.4 is 4.74 Å². The maximum absolute atomic E-state index is 5.33. The molecule has 154 valence electrons. The highest BCUT2D eigenvalue weighted by Gasteiger charge is 2.23. The molecular weight excluding hydrogens is 364 g/mol. The van der Waals surface area contributed by atoms with Gasteiger partial charge in [-0.1, -0.05) is 89.2 Å². The molecule has 0 saturated heterocycles. The van der Waals surface area contributed by atoms with E-state index in [0.29, 0.717) is 0 Å². The SMILES string of the molecule is COc1ccc(C(C)(C)Cc2ccc3c(c2)c(C(C)(C)C)cc2ccccc23)cc1. The maximum Gasteiger partial charge on any atom is 0.118 e. The largest absolute Gasteiger partial charge is 0.497 e. The van der Waals surface area contributed by atoms with Gasteiger partial charge in [-0.25, -0.2) is 0 Å². The molecule has 0 radical (unpaired) electrons. The second-order valence-electron chi connectivity index (χ2n) is 10.1. The Morgan fingerprint density at radius 2 is 1.40 bits per heavy atom. The van der Waals surface area contributed by atoms with Crippen LogP contribution in [0.5, 0.6) is 5.75 Å². The molecule has 0 spiro atoms. The van der Waals surface area contributed by atoms with E-state index < -0.39 is 0 Å². The topological polar surface area (TPSA) is 9.23 Å². The molecule has 0 unspecified atom stereocenters. The quantitative estimate of drug-likeness (QED) is 0.319. The second kappa shape index (κ2) is 7.47. The zero-order valence-corrected chi connectivity index (χ0v) is 19.0. The lowest BCUT2D eigenvalue weighted by Gasteiger charge is -2.27. The van der Waals surface area contributed by atoms with Crippen molar-refractivity contribution in [2.45, 2.75) is 51.9 Å². The lowest BCUT2D eigenvalue weighted by Crippen LogP contribution is -2.20. The highest BCUT2D eigenvalue weighted by Crippen LogP contribution is 2.37. The Bertz CT molecular complexity index is 1190. The predicted octanol–water partition coefficient (Wildman–Crippen LogP) is 7.82. The summed E-state index contributed by atoms with van der Waals surface area (Å²) in [7, 11) is 1.71. The third-order valence-corrected chi connectivity index (χ3v) is 6.25. The van der Waals surface area contributed by atoms with Crippen LogP contribution in [0.4, 0.5) is 0 Å². The minimum absolute atomic E-state index is 0.0404. The van der Waals surface area contributed by atoms with E-state index in [9.17, 15) is 0 Å². The Morgan fingerprint density at radius 1 is 0.700 bits per heavy atom. The molecule has 30 heavy (non-hydrogen) atoms. The van der Waals surface area contributed by atoms with Crippen molar-refractivity contribution in [1.29, 1.82) is 0 Å². The monoisotopic (exact) mass is 396 g/mol. The minimum Gasteiger partial charge on any atom is -0.497 e. The van der Waals surface area contributed by atoms with Gasteiger partial charge in [0.1, 0.15) is 5.75 Å². The van der Waals surface area contributed by atoms with Crippen molar-refractivity contribution in [1.82, 2.24) is 0 Å². The summed E-state index contributed by atoms with van der Waals surface area (Å²) in [5.74, 6) is 0.905. The van der Waals surface area contributed by atoms with Crippen LogP contribution in [0.15, 0.2) is 72.8 Å². The van der Waals surface area contributed by atoms with E-state index in [1.165, 1.54) is 38.2 Å². The summed E-state index contributed by atoms with van der Waals surface area (Å²) in [6.07, 6.45) is 0.992. The first-order valence-electron chi connectivity index (χ1n) is 10.8. The van der Waals surface area contributed by atoms with Crippen LogP contribution in [0.1, 0.15) is 51.3 Å². The Hall–Kier alpha value is -2.80. The molecule has 0 saturated carbocycles. The number of ether oxygens (including phenoxy) is 1. The summed E-state index contributed by atoms with van der Waals surface area (Å²) in [4.78, 5) is 0. The van der Waals surface area contributed by atoms with Gasteiger partial charge in [-0.3, -0.25) is 0 Å². The van der Waals surface area contributed by atoms with Crippen LogP contribution in [0, 0.1) is 0 Å². The Balaban J connectivity index is 1.81. The summed E-state index contributed by atoms with van der Waals surface area (Å²) in [6.45, 7) is 11.6. The molecule has 4 rings (SSSR count). The Labute approximate surface area is 180 Å². The smallest absolute Gasteiger partial charge is 0.118 e. The summed E-state index contributed by atoms with van der Waals surface area (Å²) in [5.41, 5.74) is 4.26. The number of benzene rings is 4. The van der Waals surface area contributed by atoms with E-state index in [1.807, 2.05) is 0 Å². The van der Waals surface area contributed by atoms with E-state index in [1.54, 1.807) is 7.11 Å². The molecule has 0 aromatic heterocycles. The van der Waals surface area contributed by atoms with Crippen LogP contribution >= 0.6 is 0 Å². The fourth-order valence-corrected chi connectivity index (χ4v) is 4.54. The van der Waals surface area contributed by atoms with E-state index in [-0.39, 0.29) is 10.8 Å². The number of methoxy groups -OCH3 is 1. The third-order valence-electron chi connectivity index (χ3n) is 6.25. The maximum atomic E-state index is 5.33. The summed E-state index contributed by atoms with van der Waals surface area (Å²) in [5, 5.41) is 5.39. The minimum atomic E-state index is 0.0404. The van der Waals surface area contributed by atoms with Crippen LogP contribution in [0.3, 0.4) is 0 Å². The fraction of sp³-hybridized carbons (Fsp3) is 0.310. The van der Waals surface area contributed by atoms with Crippen molar-refractivity contribution in [3.63, 3.8) is 0 Å². The Kier molecular flexibility index (Phi) is 5.10. The molecule has 0 aliphatic rings. The molecule has 1 heteroatoms. The molecule has 0 amide bonds. The number of hydrogen-bond acceptors (Lipinski definition) is 1. The highest BCUT2D eigenvalue weighted by atomic mass is 16.5. The molecule has 4 aromatic carbocycles. The zero-order chi connectivity index (χ0) is 21.5. The molecule has 0 atom stereocenters. The molecular formula is C29H32O. The molecule has 0 aliphatic heterocycles. The average Bonchev–Trinajstić information content (AvgIpc) is 2.72. The molecule has 4 aromatic rings. The van der Waals surface area contributed by atoms with Gasteiger partial charge in [-0.2, -0.15) is 0 Å². The number of fused-ring (bicyclic) bond motifs is 3. The van der Waals surface area contributed by atoms with Crippen molar-refractivity contribution in [3.05, 3.63) is 89.5 Å². The van der Waals surface area contributed by atoms with Gasteiger partial charge < -0.3 is 4.74 Å². The molecule has 1 nitrogen and oxygen atoms in total. The molecule has 0 bridgehead atoms. The number of rotatable bonds is 4. The Morgan fingerprint density at radius 3 is 2.07 bits per heavy atom. The normalized spacial score (nSPS) is 12.5. The van der Waals surface area contributed by atoms with Crippen molar-refractivity contribution in [2.75, 3.05) is 7.11 Å². The van der Waals surface area contributed by atoms with Crippen molar-refractivity contribution in [3.8, 4) is 5.75 Å². The van der Waals surface area contributed by atoms with Gasteiger partial charge in [-0.15, -0.1) is 0 Å². The van der Waals surface area contributed by atoms with E-state index >= 15 is 0 Å². The van der Waals surface area contributed by atoms with Gasteiger partial charge >= 0.3 is 0 Å². The first-order chi connectivity index (χ1) is 14.2. The van der Waals surface area contributed by atoms with Gasteiger partial charge in [0.15, 0.2) is 0 Å². The standard InChI is InChI=1S/C29H32O/c1-28(2,3)27-18-21-9-7-8-10-24(21)25-16-11-20(17-26(25)27)19-29(4,5)22-12-14-23(30-6)15-13-22/h7-18H,19H2,1-6H3. The van der Waals surface area contributed by atoms with Crippen LogP contribution in [0.2, 0.25) is 0 Å². The lowest BCUT2D eigenvalue weighted by atomic mass is 9.77. The second-order valence-corrected chi connectivity index (χ2v) is 10.1. The van der Waals surface area contributed by atoms with Crippen LogP contribution in [-0.2, 0) is 17.3 Å². The summed E-state index contributed by atoms with van der Waals surface area (Å²) >= 11 is 0. The van der Waals surface area contributed by atoms with E-state index in [4.69, 9.17) is 4.74 Å². The van der Waals surface area contributed by atoms with Gasteiger partial charge in [0.2, 0.25) is 0 Å². The van der Waals surface area contributed by atoms with Gasteiger partial charge in [0.05, 0.1) is 7.11 Å². The highest BCUT2D eigenvalue weighted by molar-refractivity contribution is 6.09. The first-order valence-corrected chi connectivity index (χ1v) is 10.8. The van der Waals surface area contributed by atoms with Crippen LogP contribution in [0.25, 0.3) is 21.5 Å². The molecule has 0 aliphatic carbocycles. The summed E-state index contributed by atoms with van der Waals surface area (Å²) in [6, 6.07) is 26.7. The van der Waals surface area contributed by atoms with E-state index in [0.717, 1.165) is 12.2 Å².